The molecule has 1 amide bonds. The van der Waals surface area contributed by atoms with Gasteiger partial charge in [-0.2, -0.15) is 0 Å². The molecule has 3 N–H and O–H groups in total. The zero-order valence-electron chi connectivity index (χ0n) is 12.5. The molecule has 0 spiro atoms. The van der Waals surface area contributed by atoms with Gasteiger partial charge in [-0.15, -0.1) is 0 Å². The van der Waals surface area contributed by atoms with Gasteiger partial charge in [-0.25, -0.2) is 0 Å². The van der Waals surface area contributed by atoms with Gasteiger partial charge in [0.05, 0.1) is 10.5 Å². The van der Waals surface area contributed by atoms with Crippen LogP contribution >= 0.6 is 11.6 Å². The second-order valence-electron chi connectivity index (χ2n) is 5.52. The molecule has 0 atom stereocenters. The van der Waals surface area contributed by atoms with Crippen molar-refractivity contribution in [2.45, 2.75) is 0 Å². The Kier molecular flexibility index (Phi) is 3.40. The molecule has 3 aromatic carbocycles. The van der Waals surface area contributed by atoms with Gasteiger partial charge in [-0.3, -0.25) is 4.79 Å². The van der Waals surface area contributed by atoms with Gasteiger partial charge in [-0.05, 0) is 24.3 Å². The molecule has 0 saturated carbocycles. The van der Waals surface area contributed by atoms with Crippen LogP contribution in [0.5, 0.6) is 5.75 Å². The number of aromatic amines is 1. The van der Waals surface area contributed by atoms with E-state index in [1.165, 1.54) is 0 Å². The average molecular weight is 337 g/mol. The summed E-state index contributed by atoms with van der Waals surface area (Å²) >= 11 is 6.14. The summed E-state index contributed by atoms with van der Waals surface area (Å²) in [6, 6.07) is 17.9. The third kappa shape index (κ3) is 2.37. The summed E-state index contributed by atoms with van der Waals surface area (Å²) in [6.07, 6.45) is 0. The fourth-order valence-electron chi connectivity index (χ4n) is 2.83. The largest absolute Gasteiger partial charge is 0.507 e. The van der Waals surface area contributed by atoms with Crippen molar-refractivity contribution >= 4 is 44.9 Å². The summed E-state index contributed by atoms with van der Waals surface area (Å²) in [5.41, 5.74) is 1.80. The predicted molar refractivity (Wildman–Crippen MR) is 96.9 cm³/mol. The number of phenolic OH excluding ortho intramolecular Hbond substituents is 1. The summed E-state index contributed by atoms with van der Waals surface area (Å²) in [5.74, 6) is -0.0842. The summed E-state index contributed by atoms with van der Waals surface area (Å²) in [6.45, 7) is 0. The number of benzene rings is 3. The third-order valence-corrected chi connectivity index (χ3v) is 4.31. The number of hydrogen-bond donors (Lipinski definition) is 3. The Morgan fingerprint density at radius 2 is 1.75 bits per heavy atom. The number of aromatic hydroxyl groups is 1. The van der Waals surface area contributed by atoms with Gasteiger partial charge in [0.2, 0.25) is 0 Å². The molecular weight excluding hydrogens is 324 g/mol. The van der Waals surface area contributed by atoms with Crippen LogP contribution in [0.3, 0.4) is 0 Å². The van der Waals surface area contributed by atoms with E-state index >= 15 is 0 Å². The minimum Gasteiger partial charge on any atom is -0.507 e. The first-order valence-electron chi connectivity index (χ1n) is 7.43. The van der Waals surface area contributed by atoms with E-state index in [2.05, 4.69) is 10.3 Å². The lowest BCUT2D eigenvalue weighted by molar-refractivity contribution is 0.102. The third-order valence-electron chi connectivity index (χ3n) is 4.00. The van der Waals surface area contributed by atoms with Crippen molar-refractivity contribution in [2.24, 2.45) is 0 Å². The highest BCUT2D eigenvalue weighted by atomic mass is 35.5. The van der Waals surface area contributed by atoms with E-state index in [0.29, 0.717) is 21.8 Å². The number of phenols is 1. The lowest BCUT2D eigenvalue weighted by atomic mass is 10.1. The number of carbonyl (C=O) groups excluding carboxylic acids is 1. The number of aromatic nitrogens is 1. The van der Waals surface area contributed by atoms with Crippen molar-refractivity contribution < 1.29 is 9.90 Å². The molecule has 4 aromatic rings. The van der Waals surface area contributed by atoms with Crippen molar-refractivity contribution in [2.75, 3.05) is 5.32 Å². The van der Waals surface area contributed by atoms with E-state index in [0.717, 1.165) is 16.3 Å². The highest BCUT2D eigenvalue weighted by Crippen LogP contribution is 2.30. The van der Waals surface area contributed by atoms with Gasteiger partial charge in [0.15, 0.2) is 0 Å². The number of fused-ring (bicyclic) bond motifs is 2. The molecule has 0 aliphatic carbocycles. The van der Waals surface area contributed by atoms with E-state index in [-0.39, 0.29) is 11.7 Å². The highest BCUT2D eigenvalue weighted by Gasteiger charge is 2.13. The SMILES string of the molecule is O=C(Nc1cccc2c(O)cccc12)c1cc2cccc(Cl)c2[nH]1. The first-order chi connectivity index (χ1) is 11.6. The fourth-order valence-corrected chi connectivity index (χ4v) is 3.06. The van der Waals surface area contributed by atoms with Crippen LogP contribution < -0.4 is 5.32 Å². The predicted octanol–water partition coefficient (Wildman–Crippen LogP) is 4.93. The zero-order valence-corrected chi connectivity index (χ0v) is 13.3. The summed E-state index contributed by atoms with van der Waals surface area (Å²) in [4.78, 5) is 15.6. The quantitative estimate of drug-likeness (QED) is 0.486. The molecule has 0 bridgehead atoms. The van der Waals surface area contributed by atoms with Gasteiger partial charge in [0, 0.05) is 21.8 Å². The molecule has 0 aliphatic heterocycles. The molecule has 0 radical (unpaired) electrons. The molecule has 0 aliphatic rings. The number of anilines is 1. The van der Waals surface area contributed by atoms with E-state index in [1.54, 1.807) is 36.4 Å². The Bertz CT molecular complexity index is 1090. The van der Waals surface area contributed by atoms with Crippen LogP contribution in [0.25, 0.3) is 21.7 Å². The molecular formula is C19H13ClN2O2. The molecule has 118 valence electrons. The number of halogens is 1. The first-order valence-corrected chi connectivity index (χ1v) is 7.80. The van der Waals surface area contributed by atoms with Crippen molar-refractivity contribution in [1.29, 1.82) is 0 Å². The van der Waals surface area contributed by atoms with Gasteiger partial charge >= 0.3 is 0 Å². The van der Waals surface area contributed by atoms with Gasteiger partial charge < -0.3 is 15.4 Å². The van der Waals surface area contributed by atoms with Crippen LogP contribution in [-0.2, 0) is 0 Å². The Hall–Kier alpha value is -2.98. The van der Waals surface area contributed by atoms with Crippen molar-refractivity contribution in [3.63, 3.8) is 0 Å². The Labute approximate surface area is 142 Å². The summed E-state index contributed by atoms with van der Waals surface area (Å²) in [7, 11) is 0. The van der Waals surface area contributed by atoms with E-state index < -0.39 is 0 Å². The van der Waals surface area contributed by atoms with Crippen LogP contribution in [0.2, 0.25) is 5.02 Å². The smallest absolute Gasteiger partial charge is 0.272 e. The van der Waals surface area contributed by atoms with Crippen molar-refractivity contribution in [3.05, 3.63) is 71.4 Å². The minimum absolute atomic E-state index is 0.181. The number of carbonyl (C=O) groups is 1. The maximum Gasteiger partial charge on any atom is 0.272 e. The van der Waals surface area contributed by atoms with Crippen LogP contribution in [0.4, 0.5) is 5.69 Å². The monoisotopic (exact) mass is 336 g/mol. The maximum absolute atomic E-state index is 12.6. The molecule has 0 fully saturated rings. The van der Waals surface area contributed by atoms with Gasteiger partial charge in [-0.1, -0.05) is 48.0 Å². The molecule has 0 unspecified atom stereocenters. The van der Waals surface area contributed by atoms with Crippen LogP contribution in [0, 0.1) is 0 Å². The van der Waals surface area contributed by atoms with E-state index in [1.807, 2.05) is 24.3 Å². The molecule has 1 aromatic heterocycles. The Morgan fingerprint density at radius 1 is 1.00 bits per heavy atom. The second-order valence-corrected chi connectivity index (χ2v) is 5.93. The van der Waals surface area contributed by atoms with Crippen molar-refractivity contribution in [1.82, 2.24) is 4.98 Å². The Balaban J connectivity index is 1.73. The topological polar surface area (TPSA) is 65.1 Å². The highest BCUT2D eigenvalue weighted by molar-refractivity contribution is 6.35. The second kappa shape index (κ2) is 5.58. The van der Waals surface area contributed by atoms with Crippen LogP contribution in [-0.4, -0.2) is 16.0 Å². The molecule has 5 heteroatoms. The molecule has 24 heavy (non-hydrogen) atoms. The number of para-hydroxylation sites is 1. The molecule has 4 nitrogen and oxygen atoms in total. The van der Waals surface area contributed by atoms with Crippen LogP contribution in [0.15, 0.2) is 60.7 Å². The van der Waals surface area contributed by atoms with E-state index in [9.17, 15) is 9.90 Å². The summed E-state index contributed by atoms with van der Waals surface area (Å²) < 4.78 is 0. The lowest BCUT2D eigenvalue weighted by Gasteiger charge is -2.08. The van der Waals surface area contributed by atoms with E-state index in [4.69, 9.17) is 11.6 Å². The van der Waals surface area contributed by atoms with Crippen LogP contribution in [0.1, 0.15) is 10.5 Å². The Morgan fingerprint density at radius 3 is 2.58 bits per heavy atom. The zero-order chi connectivity index (χ0) is 16.7. The number of H-pyrrole nitrogens is 1. The number of nitrogens with one attached hydrogen (secondary N) is 2. The standard InChI is InChI=1S/C19H13ClN2O2/c20-14-7-1-4-11-10-16(21-18(11)14)19(24)22-15-8-2-6-13-12(15)5-3-9-17(13)23/h1-10,21,23H,(H,22,24). The van der Waals surface area contributed by atoms with Gasteiger partial charge in [0.1, 0.15) is 11.4 Å². The maximum atomic E-state index is 12.6. The molecule has 1 heterocycles. The average Bonchev–Trinajstić information content (AvgIpc) is 3.02. The van der Waals surface area contributed by atoms with Crippen molar-refractivity contribution in [3.8, 4) is 5.75 Å². The normalized spacial score (nSPS) is 11.0. The lowest BCUT2D eigenvalue weighted by Crippen LogP contribution is -2.12. The summed E-state index contributed by atoms with van der Waals surface area (Å²) in [5, 5.41) is 15.7. The number of amides is 1. The first kappa shape index (κ1) is 14.6. The number of hydrogen-bond acceptors (Lipinski definition) is 2. The molecule has 0 saturated heterocycles. The van der Waals surface area contributed by atoms with Gasteiger partial charge in [0.25, 0.3) is 5.91 Å². The fraction of sp³-hybridized carbons (Fsp3) is 0. The number of rotatable bonds is 2. The molecule has 4 rings (SSSR count). The minimum atomic E-state index is -0.266.